The summed E-state index contributed by atoms with van der Waals surface area (Å²) in [4.78, 5) is 25.3. The van der Waals surface area contributed by atoms with Crippen LogP contribution in [0.3, 0.4) is 0 Å². The van der Waals surface area contributed by atoms with E-state index in [-0.39, 0.29) is 40.3 Å². The van der Waals surface area contributed by atoms with Crippen molar-refractivity contribution < 1.29 is 28.2 Å². The lowest BCUT2D eigenvalue weighted by Gasteiger charge is -2.32. The topological polar surface area (TPSA) is 65.1 Å². The molecule has 0 atom stereocenters. The second-order valence-corrected chi connectivity index (χ2v) is 6.17. The Bertz CT molecular complexity index is 740. The smallest absolute Gasteiger partial charge is 0.355 e. The van der Waals surface area contributed by atoms with E-state index in [1.54, 1.807) is 0 Å². The summed E-state index contributed by atoms with van der Waals surface area (Å²) >= 11 is 15.0. The molecule has 0 aromatic heterocycles. The second kappa shape index (κ2) is 7.69. The monoisotopic (exact) mass is 441 g/mol. The first-order valence-electron chi connectivity index (χ1n) is 6.41. The Kier molecular flexibility index (Phi) is 6.08. The normalized spacial score (nSPS) is 14.7. The van der Waals surface area contributed by atoms with Gasteiger partial charge in [-0.25, -0.2) is 14.0 Å². The van der Waals surface area contributed by atoms with E-state index in [1.807, 2.05) is 0 Å². The van der Waals surface area contributed by atoms with E-state index in [0.29, 0.717) is 4.47 Å². The summed E-state index contributed by atoms with van der Waals surface area (Å²) in [6, 6.07) is 1.28. The minimum atomic E-state index is -0.869. The summed E-state index contributed by atoms with van der Waals surface area (Å²) in [5.74, 6) is -2.47. The SMILES string of the molecule is COC(=O)C1=C(C(=O)OC)N(c2c(Br)cc(Cl)c(F)c2Cl)COC1. The number of benzene rings is 1. The van der Waals surface area contributed by atoms with Gasteiger partial charge in [0.1, 0.15) is 17.5 Å². The number of nitrogens with zero attached hydrogens (tertiary/aromatic N) is 1. The molecule has 0 unspecified atom stereocenters. The summed E-state index contributed by atoms with van der Waals surface area (Å²) < 4.78 is 29.1. The van der Waals surface area contributed by atoms with Gasteiger partial charge in [-0.05, 0) is 22.0 Å². The number of hydrogen-bond acceptors (Lipinski definition) is 6. The van der Waals surface area contributed by atoms with Gasteiger partial charge in [0.25, 0.3) is 0 Å². The van der Waals surface area contributed by atoms with Gasteiger partial charge in [-0.15, -0.1) is 0 Å². The molecule has 0 fully saturated rings. The van der Waals surface area contributed by atoms with Crippen molar-refractivity contribution in [2.75, 3.05) is 32.5 Å². The molecule has 1 heterocycles. The van der Waals surface area contributed by atoms with Crippen LogP contribution in [0.2, 0.25) is 10.0 Å². The zero-order chi connectivity index (χ0) is 18.0. The molecule has 1 aliphatic heterocycles. The van der Waals surface area contributed by atoms with Crippen molar-refractivity contribution in [3.05, 3.63) is 37.7 Å². The van der Waals surface area contributed by atoms with Gasteiger partial charge in [0, 0.05) is 4.47 Å². The molecule has 0 saturated carbocycles. The predicted molar refractivity (Wildman–Crippen MR) is 88.5 cm³/mol. The average Bonchev–Trinajstić information content (AvgIpc) is 2.58. The Hall–Kier alpha value is -1.35. The molecule has 130 valence electrons. The van der Waals surface area contributed by atoms with Gasteiger partial charge in [-0.3, -0.25) is 0 Å². The van der Waals surface area contributed by atoms with E-state index < -0.39 is 17.8 Å². The lowest BCUT2D eigenvalue weighted by molar-refractivity contribution is -0.140. The molecule has 1 aromatic carbocycles. The van der Waals surface area contributed by atoms with Crippen LogP contribution >= 0.6 is 39.1 Å². The maximum absolute atomic E-state index is 14.1. The number of anilines is 1. The molecule has 0 bridgehead atoms. The molecule has 1 aromatic rings. The molecule has 0 aliphatic carbocycles. The average molecular weight is 443 g/mol. The lowest BCUT2D eigenvalue weighted by Crippen LogP contribution is -2.39. The van der Waals surface area contributed by atoms with E-state index in [1.165, 1.54) is 11.0 Å². The number of rotatable bonds is 3. The quantitative estimate of drug-likeness (QED) is 0.406. The zero-order valence-electron chi connectivity index (χ0n) is 12.5. The number of methoxy groups -OCH3 is 2. The van der Waals surface area contributed by atoms with Crippen LogP contribution in [0.5, 0.6) is 0 Å². The third kappa shape index (κ3) is 3.37. The van der Waals surface area contributed by atoms with E-state index in [4.69, 9.17) is 32.7 Å². The van der Waals surface area contributed by atoms with Gasteiger partial charge in [0.2, 0.25) is 0 Å². The highest BCUT2D eigenvalue weighted by molar-refractivity contribution is 9.10. The summed E-state index contributed by atoms with van der Waals surface area (Å²) in [7, 11) is 2.31. The van der Waals surface area contributed by atoms with Crippen molar-refractivity contribution >= 4 is 56.8 Å². The molecule has 1 aliphatic rings. The summed E-state index contributed by atoms with van der Waals surface area (Å²) in [5.41, 5.74) is -0.158. The first kappa shape index (κ1) is 19.0. The van der Waals surface area contributed by atoms with Gasteiger partial charge in [0.15, 0.2) is 5.82 Å². The maximum Gasteiger partial charge on any atom is 0.355 e. The molecule has 0 amide bonds. The summed E-state index contributed by atoms with van der Waals surface area (Å²) in [6.07, 6.45) is 0. The Balaban J connectivity index is 2.71. The number of esters is 2. The number of halogens is 4. The Morgan fingerprint density at radius 3 is 2.50 bits per heavy atom. The highest BCUT2D eigenvalue weighted by Gasteiger charge is 2.35. The van der Waals surface area contributed by atoms with Crippen LogP contribution in [-0.2, 0) is 23.8 Å². The largest absolute Gasteiger partial charge is 0.466 e. The molecular formula is C14H11BrCl2FNO5. The molecule has 6 nitrogen and oxygen atoms in total. The molecule has 0 radical (unpaired) electrons. The van der Waals surface area contributed by atoms with Crippen LogP contribution in [0.4, 0.5) is 10.1 Å². The van der Waals surface area contributed by atoms with E-state index in [0.717, 1.165) is 14.2 Å². The van der Waals surface area contributed by atoms with Crippen LogP contribution in [0.15, 0.2) is 21.8 Å². The molecule has 0 saturated heterocycles. The van der Waals surface area contributed by atoms with Crippen molar-refractivity contribution in [1.82, 2.24) is 0 Å². The first-order valence-corrected chi connectivity index (χ1v) is 7.96. The number of carbonyl (C=O) groups excluding carboxylic acids is 2. The highest BCUT2D eigenvalue weighted by atomic mass is 79.9. The maximum atomic E-state index is 14.1. The van der Waals surface area contributed by atoms with Gasteiger partial charge in [-0.1, -0.05) is 23.2 Å². The summed E-state index contributed by atoms with van der Waals surface area (Å²) in [6.45, 7) is -0.330. The van der Waals surface area contributed by atoms with Crippen LogP contribution in [0.1, 0.15) is 0 Å². The first-order chi connectivity index (χ1) is 11.3. The molecule has 10 heteroatoms. The van der Waals surface area contributed by atoms with Crippen molar-refractivity contribution in [2.24, 2.45) is 0 Å². The molecule has 0 N–H and O–H groups in total. The second-order valence-electron chi connectivity index (χ2n) is 4.53. The predicted octanol–water partition coefficient (Wildman–Crippen LogP) is 3.29. The van der Waals surface area contributed by atoms with Crippen molar-refractivity contribution in [2.45, 2.75) is 0 Å². The molecule has 2 rings (SSSR count). The van der Waals surface area contributed by atoms with Crippen LogP contribution in [0.25, 0.3) is 0 Å². The number of hydrogen-bond donors (Lipinski definition) is 0. The third-order valence-electron chi connectivity index (χ3n) is 3.19. The molecule has 0 spiro atoms. The third-order valence-corrected chi connectivity index (χ3v) is 4.42. The fourth-order valence-corrected chi connectivity index (χ4v) is 3.57. The van der Waals surface area contributed by atoms with Gasteiger partial charge in [-0.2, -0.15) is 0 Å². The summed E-state index contributed by atoms with van der Waals surface area (Å²) in [5, 5.41) is -0.546. The lowest BCUT2D eigenvalue weighted by atomic mass is 10.1. The molecular weight excluding hydrogens is 432 g/mol. The van der Waals surface area contributed by atoms with Gasteiger partial charge < -0.3 is 19.1 Å². The van der Waals surface area contributed by atoms with E-state index in [9.17, 15) is 14.0 Å². The van der Waals surface area contributed by atoms with Crippen LogP contribution < -0.4 is 4.90 Å². The molecule has 24 heavy (non-hydrogen) atoms. The Morgan fingerprint density at radius 2 is 1.92 bits per heavy atom. The van der Waals surface area contributed by atoms with Crippen LogP contribution in [0, 0.1) is 5.82 Å². The van der Waals surface area contributed by atoms with E-state index >= 15 is 0 Å². The van der Waals surface area contributed by atoms with E-state index in [2.05, 4.69) is 20.7 Å². The zero-order valence-corrected chi connectivity index (χ0v) is 15.6. The Labute approximate surface area is 155 Å². The van der Waals surface area contributed by atoms with Gasteiger partial charge >= 0.3 is 11.9 Å². The fraction of sp³-hybridized carbons (Fsp3) is 0.286. The van der Waals surface area contributed by atoms with Crippen LogP contribution in [-0.4, -0.2) is 39.5 Å². The number of ether oxygens (including phenoxy) is 3. The van der Waals surface area contributed by atoms with Crippen molar-refractivity contribution in [3.8, 4) is 0 Å². The minimum absolute atomic E-state index is 0.0695. The standard InChI is InChI=1S/C14H11BrCl2FNO5/c1-22-13(20)6-4-24-5-19(11(6)14(21)23-2)12-7(15)3-8(16)10(18)9(12)17/h3H,4-5H2,1-2H3. The number of carbonyl (C=O) groups is 2. The Morgan fingerprint density at radius 1 is 1.29 bits per heavy atom. The highest BCUT2D eigenvalue weighted by Crippen LogP contribution is 2.42. The fourth-order valence-electron chi connectivity index (χ4n) is 2.12. The minimum Gasteiger partial charge on any atom is -0.466 e. The van der Waals surface area contributed by atoms with Gasteiger partial charge in [0.05, 0.1) is 37.1 Å². The van der Waals surface area contributed by atoms with Crippen molar-refractivity contribution in [1.29, 1.82) is 0 Å². The van der Waals surface area contributed by atoms with Crippen molar-refractivity contribution in [3.63, 3.8) is 0 Å².